The smallest absolute Gasteiger partial charge is 0.131 e. The number of aliphatic hydroxyl groups is 1. The van der Waals surface area contributed by atoms with E-state index in [1.165, 1.54) is 0 Å². The molecule has 1 rings (SSSR count). The number of aliphatic hydroxyl groups excluding tert-OH is 1. The van der Waals surface area contributed by atoms with Crippen molar-refractivity contribution in [2.24, 2.45) is 0 Å². The molecular formula is C12H22N4OS. The predicted octanol–water partition coefficient (Wildman–Crippen LogP) is 1.83. The summed E-state index contributed by atoms with van der Waals surface area (Å²) in [4.78, 5) is 8.32. The summed E-state index contributed by atoms with van der Waals surface area (Å²) in [6.07, 6.45) is 3.51. The van der Waals surface area contributed by atoms with Gasteiger partial charge in [0.15, 0.2) is 0 Å². The van der Waals surface area contributed by atoms with E-state index < -0.39 is 0 Å². The van der Waals surface area contributed by atoms with Gasteiger partial charge in [0.1, 0.15) is 18.0 Å². The van der Waals surface area contributed by atoms with Gasteiger partial charge in [0.25, 0.3) is 0 Å². The molecule has 1 heterocycles. The van der Waals surface area contributed by atoms with Gasteiger partial charge in [-0.15, -0.1) is 0 Å². The fourth-order valence-corrected chi connectivity index (χ4v) is 2.11. The molecule has 102 valence electrons. The molecule has 1 aromatic heterocycles. The minimum Gasteiger partial charge on any atom is -0.396 e. The predicted molar refractivity (Wildman–Crippen MR) is 78.3 cm³/mol. The molecule has 3 N–H and O–H groups in total. The maximum atomic E-state index is 8.65. The Balaban J connectivity index is 2.20. The van der Waals surface area contributed by atoms with Gasteiger partial charge in [-0.05, 0) is 18.6 Å². The van der Waals surface area contributed by atoms with E-state index in [-0.39, 0.29) is 6.61 Å². The molecule has 0 aliphatic rings. The van der Waals surface area contributed by atoms with E-state index in [1.807, 2.05) is 17.8 Å². The zero-order chi connectivity index (χ0) is 13.1. The van der Waals surface area contributed by atoms with E-state index in [1.54, 1.807) is 6.33 Å². The van der Waals surface area contributed by atoms with Crippen LogP contribution in [0, 0.1) is 0 Å². The summed E-state index contributed by atoms with van der Waals surface area (Å²) < 4.78 is 0. The average molecular weight is 270 g/mol. The monoisotopic (exact) mass is 270 g/mol. The van der Waals surface area contributed by atoms with Crippen molar-refractivity contribution in [1.82, 2.24) is 9.97 Å². The lowest BCUT2D eigenvalue weighted by Gasteiger charge is -2.07. The third-order valence-corrected chi connectivity index (χ3v) is 3.29. The first-order chi connectivity index (χ1) is 8.86. The van der Waals surface area contributed by atoms with E-state index in [9.17, 15) is 0 Å². The lowest BCUT2D eigenvalue weighted by Crippen LogP contribution is -2.08. The van der Waals surface area contributed by atoms with Gasteiger partial charge in [-0.2, -0.15) is 11.8 Å². The van der Waals surface area contributed by atoms with Crippen molar-refractivity contribution in [3.63, 3.8) is 0 Å². The third kappa shape index (κ3) is 6.66. The molecular weight excluding hydrogens is 248 g/mol. The number of anilines is 2. The molecule has 0 atom stereocenters. The van der Waals surface area contributed by atoms with Gasteiger partial charge in [0, 0.05) is 31.5 Å². The SMILES string of the molecule is CCCNc1cc(NCCSCCCO)ncn1. The number of aromatic nitrogens is 2. The first kappa shape index (κ1) is 15.0. The van der Waals surface area contributed by atoms with Crippen molar-refractivity contribution in [3.05, 3.63) is 12.4 Å². The molecule has 0 aromatic carbocycles. The van der Waals surface area contributed by atoms with Gasteiger partial charge in [-0.1, -0.05) is 6.92 Å². The Morgan fingerprint density at radius 3 is 2.56 bits per heavy atom. The number of nitrogens with one attached hydrogen (secondary N) is 2. The highest BCUT2D eigenvalue weighted by Gasteiger charge is 1.97. The lowest BCUT2D eigenvalue weighted by atomic mass is 10.4. The molecule has 0 saturated carbocycles. The standard InChI is InChI=1S/C12H22N4OS/c1-2-4-13-11-9-12(16-10-15-11)14-5-8-18-7-3-6-17/h9-10,17H,2-8H2,1H3,(H2,13,14,15,16). The zero-order valence-corrected chi connectivity index (χ0v) is 11.7. The van der Waals surface area contributed by atoms with E-state index >= 15 is 0 Å². The highest BCUT2D eigenvalue weighted by atomic mass is 32.2. The van der Waals surface area contributed by atoms with Crippen LogP contribution in [0.25, 0.3) is 0 Å². The first-order valence-electron chi connectivity index (χ1n) is 6.35. The van der Waals surface area contributed by atoms with Crippen LogP contribution in [0.3, 0.4) is 0 Å². The Hall–Kier alpha value is -1.01. The van der Waals surface area contributed by atoms with Crippen LogP contribution < -0.4 is 10.6 Å². The molecule has 0 amide bonds. The van der Waals surface area contributed by atoms with Crippen LogP contribution in [0.1, 0.15) is 19.8 Å². The number of nitrogens with zero attached hydrogens (tertiary/aromatic N) is 2. The molecule has 0 aliphatic heterocycles. The Labute approximate surface area is 113 Å². The van der Waals surface area contributed by atoms with Gasteiger partial charge in [-0.3, -0.25) is 0 Å². The molecule has 18 heavy (non-hydrogen) atoms. The number of thioether (sulfide) groups is 1. The summed E-state index contributed by atoms with van der Waals surface area (Å²) in [5, 5.41) is 15.1. The van der Waals surface area contributed by atoms with E-state index in [2.05, 4.69) is 27.5 Å². The van der Waals surface area contributed by atoms with E-state index in [0.29, 0.717) is 0 Å². The quantitative estimate of drug-likeness (QED) is 0.563. The minimum atomic E-state index is 0.277. The van der Waals surface area contributed by atoms with E-state index in [0.717, 1.165) is 49.1 Å². The minimum absolute atomic E-state index is 0.277. The maximum absolute atomic E-state index is 8.65. The highest BCUT2D eigenvalue weighted by molar-refractivity contribution is 7.99. The molecule has 0 bridgehead atoms. The molecule has 0 spiro atoms. The first-order valence-corrected chi connectivity index (χ1v) is 7.50. The number of hydrogen-bond donors (Lipinski definition) is 3. The van der Waals surface area contributed by atoms with Crippen molar-refractivity contribution in [1.29, 1.82) is 0 Å². The van der Waals surface area contributed by atoms with Crippen LogP contribution in [-0.4, -0.2) is 46.3 Å². The average Bonchev–Trinajstić information content (AvgIpc) is 2.41. The summed E-state index contributed by atoms with van der Waals surface area (Å²) in [7, 11) is 0. The molecule has 0 saturated heterocycles. The Kier molecular flexibility index (Phi) is 8.33. The second-order valence-corrected chi connectivity index (χ2v) is 5.06. The Morgan fingerprint density at radius 1 is 1.17 bits per heavy atom. The zero-order valence-electron chi connectivity index (χ0n) is 10.9. The Morgan fingerprint density at radius 2 is 1.89 bits per heavy atom. The third-order valence-electron chi connectivity index (χ3n) is 2.22. The molecule has 1 aromatic rings. The molecule has 0 fully saturated rings. The topological polar surface area (TPSA) is 70.1 Å². The van der Waals surface area contributed by atoms with Crippen molar-refractivity contribution in [3.8, 4) is 0 Å². The molecule has 5 nitrogen and oxygen atoms in total. The van der Waals surface area contributed by atoms with Crippen LogP contribution in [0.2, 0.25) is 0 Å². The van der Waals surface area contributed by atoms with Crippen LogP contribution in [0.5, 0.6) is 0 Å². The summed E-state index contributed by atoms with van der Waals surface area (Å²) in [6.45, 7) is 4.20. The largest absolute Gasteiger partial charge is 0.396 e. The summed E-state index contributed by atoms with van der Waals surface area (Å²) >= 11 is 1.83. The molecule has 0 unspecified atom stereocenters. The summed E-state index contributed by atoms with van der Waals surface area (Å²) in [5.74, 6) is 3.74. The normalized spacial score (nSPS) is 10.3. The lowest BCUT2D eigenvalue weighted by molar-refractivity contribution is 0.296. The summed E-state index contributed by atoms with van der Waals surface area (Å²) in [6, 6.07) is 1.92. The van der Waals surface area contributed by atoms with Crippen LogP contribution in [0.15, 0.2) is 12.4 Å². The van der Waals surface area contributed by atoms with Crippen molar-refractivity contribution >= 4 is 23.4 Å². The van der Waals surface area contributed by atoms with Gasteiger partial charge in [0.2, 0.25) is 0 Å². The van der Waals surface area contributed by atoms with E-state index in [4.69, 9.17) is 5.11 Å². The van der Waals surface area contributed by atoms with Crippen molar-refractivity contribution in [2.75, 3.05) is 41.8 Å². The van der Waals surface area contributed by atoms with Gasteiger partial charge < -0.3 is 15.7 Å². The van der Waals surface area contributed by atoms with Crippen molar-refractivity contribution in [2.45, 2.75) is 19.8 Å². The van der Waals surface area contributed by atoms with Crippen LogP contribution in [0.4, 0.5) is 11.6 Å². The van der Waals surface area contributed by atoms with Crippen LogP contribution >= 0.6 is 11.8 Å². The summed E-state index contributed by atoms with van der Waals surface area (Å²) in [5.41, 5.74) is 0. The van der Waals surface area contributed by atoms with Crippen LogP contribution in [-0.2, 0) is 0 Å². The molecule has 0 aliphatic carbocycles. The maximum Gasteiger partial charge on any atom is 0.131 e. The van der Waals surface area contributed by atoms with Gasteiger partial charge >= 0.3 is 0 Å². The second kappa shape index (κ2) is 9.96. The number of hydrogen-bond acceptors (Lipinski definition) is 6. The Bertz CT molecular complexity index is 325. The van der Waals surface area contributed by atoms with Crippen molar-refractivity contribution < 1.29 is 5.11 Å². The fraction of sp³-hybridized carbons (Fsp3) is 0.667. The second-order valence-electron chi connectivity index (χ2n) is 3.83. The van der Waals surface area contributed by atoms with Gasteiger partial charge in [-0.25, -0.2) is 9.97 Å². The fourth-order valence-electron chi connectivity index (χ4n) is 1.32. The van der Waals surface area contributed by atoms with Gasteiger partial charge in [0.05, 0.1) is 0 Å². The number of rotatable bonds is 10. The molecule has 6 heteroatoms. The molecule has 0 radical (unpaired) electrons. The highest BCUT2D eigenvalue weighted by Crippen LogP contribution is 2.09.